The normalized spacial score (nSPS) is 26.2. The van der Waals surface area contributed by atoms with E-state index in [4.69, 9.17) is 16.3 Å². The van der Waals surface area contributed by atoms with Gasteiger partial charge in [-0.05, 0) is 67.6 Å². The molecule has 12 heteroatoms. The summed E-state index contributed by atoms with van der Waals surface area (Å²) in [6, 6.07) is 23.9. The number of nitrogens with zero attached hydrogens (tertiary/aromatic N) is 2. The van der Waals surface area contributed by atoms with Crippen molar-refractivity contribution in [3.8, 4) is 17.2 Å². The summed E-state index contributed by atoms with van der Waals surface area (Å²) in [5, 5.41) is 32.1. The first-order chi connectivity index (χ1) is 25.5. The number of fused-ring (bicyclic) bond motifs is 4. The van der Waals surface area contributed by atoms with Crippen LogP contribution in [-0.2, 0) is 24.6 Å². The van der Waals surface area contributed by atoms with E-state index in [0.29, 0.717) is 21.7 Å². The summed E-state index contributed by atoms with van der Waals surface area (Å²) < 4.78 is 5.79. The van der Waals surface area contributed by atoms with E-state index in [-0.39, 0.29) is 47.9 Å². The fraction of sp³-hybridized carbons (Fsp3) is 0.244. The molecule has 6 atom stereocenters. The Morgan fingerprint density at radius 1 is 0.849 bits per heavy atom. The van der Waals surface area contributed by atoms with Crippen molar-refractivity contribution in [3.63, 3.8) is 0 Å². The molecule has 0 unspecified atom stereocenters. The van der Waals surface area contributed by atoms with Crippen molar-refractivity contribution in [1.82, 2.24) is 0 Å². The molecule has 0 bridgehead atoms. The van der Waals surface area contributed by atoms with Gasteiger partial charge in [-0.25, -0.2) is 14.6 Å². The maximum Gasteiger partial charge on any atom is 0.339 e. The minimum Gasteiger partial charge on any atom is -0.507 e. The summed E-state index contributed by atoms with van der Waals surface area (Å²) in [6.07, 6.45) is 2.01. The van der Waals surface area contributed by atoms with Gasteiger partial charge >= 0.3 is 5.97 Å². The van der Waals surface area contributed by atoms with Crippen LogP contribution in [-0.4, -0.2) is 51.5 Å². The highest BCUT2D eigenvalue weighted by Crippen LogP contribution is 2.65. The number of carbonyl (C=O) groups excluding carboxylic acids is 4. The summed E-state index contributed by atoms with van der Waals surface area (Å²) in [5.74, 6) is -8.64. The number of aromatic carboxylic acids is 1. The number of amides is 4. The zero-order valence-corrected chi connectivity index (χ0v) is 29.1. The van der Waals surface area contributed by atoms with Gasteiger partial charge in [-0.1, -0.05) is 71.8 Å². The van der Waals surface area contributed by atoms with E-state index in [0.717, 1.165) is 21.9 Å². The smallest absolute Gasteiger partial charge is 0.339 e. The van der Waals surface area contributed by atoms with E-state index in [9.17, 15) is 34.5 Å². The van der Waals surface area contributed by atoms with Gasteiger partial charge in [0.1, 0.15) is 11.3 Å². The number of anilines is 2. The highest BCUT2D eigenvalue weighted by Gasteiger charge is 2.70. The van der Waals surface area contributed by atoms with Crippen molar-refractivity contribution < 1.29 is 44.0 Å². The quantitative estimate of drug-likeness (QED) is 0.148. The lowest BCUT2D eigenvalue weighted by molar-refractivity contribution is -0.127. The van der Waals surface area contributed by atoms with Gasteiger partial charge in [-0.3, -0.25) is 19.2 Å². The number of hydrogen-bond donors (Lipinski definition) is 3. The molecule has 53 heavy (non-hydrogen) atoms. The lowest BCUT2D eigenvalue weighted by Gasteiger charge is -2.50. The van der Waals surface area contributed by atoms with Crippen LogP contribution in [0.25, 0.3) is 0 Å². The molecule has 3 N–H and O–H groups in total. The number of carboxylic acid groups (broad SMARTS) is 1. The predicted molar refractivity (Wildman–Crippen MR) is 193 cm³/mol. The zero-order chi connectivity index (χ0) is 37.3. The molecule has 1 saturated carbocycles. The molecule has 2 saturated heterocycles. The second-order valence-electron chi connectivity index (χ2n) is 13.7. The van der Waals surface area contributed by atoms with Crippen LogP contribution in [0.15, 0.2) is 103 Å². The number of phenolic OH excluding ortho intramolecular Hbond substituents is 1. The predicted octanol–water partition coefficient (Wildman–Crippen LogP) is 6.22. The van der Waals surface area contributed by atoms with Crippen molar-refractivity contribution in [2.75, 3.05) is 16.4 Å². The topological polar surface area (TPSA) is 162 Å². The van der Waals surface area contributed by atoms with Crippen LogP contribution in [0.5, 0.6) is 17.2 Å². The second kappa shape index (κ2) is 12.6. The van der Waals surface area contributed by atoms with E-state index in [1.165, 1.54) is 6.07 Å². The number of carbonyl (C=O) groups is 5. The Balaban J connectivity index is 1.34. The van der Waals surface area contributed by atoms with Crippen LogP contribution in [0.2, 0.25) is 5.02 Å². The molecule has 11 nitrogen and oxygen atoms in total. The number of ether oxygens (including phenoxy) is 1. The van der Waals surface area contributed by atoms with Gasteiger partial charge in [0.15, 0.2) is 11.5 Å². The van der Waals surface area contributed by atoms with Gasteiger partial charge in [0.25, 0.3) is 0 Å². The molecule has 0 spiro atoms. The Hall–Kier alpha value is -5.94. The first kappa shape index (κ1) is 34.2. The average Bonchev–Trinajstić information content (AvgIpc) is 3.53. The number of allylic oxidation sites excluding steroid dienone is 2. The minimum absolute atomic E-state index is 0.0192. The van der Waals surface area contributed by atoms with Crippen LogP contribution >= 0.6 is 11.6 Å². The fourth-order valence-electron chi connectivity index (χ4n) is 9.23. The van der Waals surface area contributed by atoms with Gasteiger partial charge in [0.05, 0.1) is 41.2 Å². The first-order valence-electron chi connectivity index (χ1n) is 17.3. The Kier molecular flexibility index (Phi) is 8.14. The number of imide groups is 2. The highest BCUT2D eigenvalue weighted by molar-refractivity contribution is 6.32. The molecule has 4 aromatic rings. The molecule has 0 aromatic heterocycles. The SMILES string of the molecule is CCOc1cccc([C@H]2C3=CC[C@@H]4C(=O)N(c5ccc(C(=O)O)c(O)c5)C(=O)[C@@H]4[C@@H]3C[C@H]3C(=O)N(c4cccc(Cl)c4)C(=O)[C@@]23c2ccccc2)c1O. The number of benzene rings is 4. The lowest BCUT2D eigenvalue weighted by Crippen LogP contribution is -2.53. The molecule has 4 aromatic carbocycles. The third-order valence-electron chi connectivity index (χ3n) is 11.3. The average molecular weight is 733 g/mol. The zero-order valence-electron chi connectivity index (χ0n) is 28.3. The van der Waals surface area contributed by atoms with Crippen molar-refractivity contribution >= 4 is 52.6 Å². The summed E-state index contributed by atoms with van der Waals surface area (Å²) >= 11 is 6.38. The summed E-state index contributed by atoms with van der Waals surface area (Å²) in [6.45, 7) is 2.03. The molecule has 8 rings (SSSR count). The van der Waals surface area contributed by atoms with Gasteiger partial charge in [-0.2, -0.15) is 0 Å². The Morgan fingerprint density at radius 2 is 1.58 bits per heavy atom. The standard InChI is InChI=1S/C41H33ClN2O9/c1-2-53-32-13-7-12-28(35(32)46)34-25-16-17-27-33(38(49)43(36(27)47)24-14-15-26(39(50)51)31(45)19-24)29(25)20-30-37(48)44(23-11-6-10-22(42)18-23)40(52)41(30,34)21-8-4-3-5-9-21/h3-16,18-19,27,29-30,33-34,45-46H,2,17,20H2,1H3,(H,50,51)/t27-,29+,30-,33-,34+,41+/m0/s1. The van der Waals surface area contributed by atoms with E-state index in [1.807, 2.05) is 12.1 Å². The highest BCUT2D eigenvalue weighted by atomic mass is 35.5. The summed E-state index contributed by atoms with van der Waals surface area (Å²) in [5.41, 5.74) is -0.171. The number of halogens is 1. The Bertz CT molecular complexity index is 2270. The lowest BCUT2D eigenvalue weighted by atomic mass is 9.49. The van der Waals surface area contributed by atoms with Crippen molar-refractivity contribution in [2.45, 2.75) is 31.1 Å². The molecule has 2 aliphatic heterocycles. The number of rotatable bonds is 7. The third kappa shape index (κ3) is 4.90. The van der Waals surface area contributed by atoms with E-state index in [2.05, 4.69) is 0 Å². The van der Waals surface area contributed by atoms with E-state index >= 15 is 4.79 Å². The molecule has 4 amide bonds. The maximum absolute atomic E-state index is 15.4. The first-order valence-corrected chi connectivity index (χ1v) is 17.7. The maximum atomic E-state index is 15.4. The number of hydrogen-bond acceptors (Lipinski definition) is 8. The van der Waals surface area contributed by atoms with Gasteiger partial charge < -0.3 is 20.1 Å². The molecule has 0 radical (unpaired) electrons. The van der Waals surface area contributed by atoms with Crippen LogP contribution < -0.4 is 14.5 Å². The molecular formula is C41H33ClN2O9. The fourth-order valence-corrected chi connectivity index (χ4v) is 9.41. The largest absolute Gasteiger partial charge is 0.507 e. The van der Waals surface area contributed by atoms with Crippen LogP contribution in [0.1, 0.15) is 47.2 Å². The van der Waals surface area contributed by atoms with Crippen LogP contribution in [0.3, 0.4) is 0 Å². The molecule has 3 fully saturated rings. The summed E-state index contributed by atoms with van der Waals surface area (Å²) in [4.78, 5) is 72.6. The number of para-hydroxylation sites is 1. The molecule has 2 aliphatic carbocycles. The molecule has 2 heterocycles. The van der Waals surface area contributed by atoms with Crippen molar-refractivity contribution in [2.24, 2.45) is 23.7 Å². The van der Waals surface area contributed by atoms with E-state index < -0.39 is 70.4 Å². The molecule has 268 valence electrons. The van der Waals surface area contributed by atoms with Crippen molar-refractivity contribution in [1.29, 1.82) is 0 Å². The van der Waals surface area contributed by atoms with Crippen molar-refractivity contribution in [3.05, 3.63) is 124 Å². The summed E-state index contributed by atoms with van der Waals surface area (Å²) in [7, 11) is 0. The van der Waals surface area contributed by atoms with Crippen LogP contribution in [0.4, 0.5) is 11.4 Å². The van der Waals surface area contributed by atoms with E-state index in [1.54, 1.807) is 73.7 Å². The van der Waals surface area contributed by atoms with Crippen LogP contribution in [0, 0.1) is 23.7 Å². The minimum atomic E-state index is -1.60. The second-order valence-corrected chi connectivity index (χ2v) is 14.2. The van der Waals surface area contributed by atoms with Gasteiger partial charge in [0, 0.05) is 22.6 Å². The Labute approximate surface area is 308 Å². The number of phenols is 2. The number of aromatic hydroxyl groups is 2. The third-order valence-corrected chi connectivity index (χ3v) is 11.5. The molecular weight excluding hydrogens is 700 g/mol. The van der Waals surface area contributed by atoms with Gasteiger partial charge in [-0.15, -0.1) is 0 Å². The number of carboxylic acids is 1. The molecule has 4 aliphatic rings. The Morgan fingerprint density at radius 3 is 2.28 bits per heavy atom. The monoisotopic (exact) mass is 732 g/mol. The van der Waals surface area contributed by atoms with Gasteiger partial charge in [0.2, 0.25) is 23.6 Å².